The summed E-state index contributed by atoms with van der Waals surface area (Å²) in [5, 5.41) is 10.6. The molecule has 3 N–H and O–H groups in total. The molecule has 4 rings (SSSR count). The second-order valence-electron chi connectivity index (χ2n) is 9.59. The van der Waals surface area contributed by atoms with Crippen LogP contribution < -0.4 is 16.0 Å². The number of aromatic nitrogens is 1. The molecule has 1 heterocycles. The van der Waals surface area contributed by atoms with Crippen LogP contribution in [0.2, 0.25) is 0 Å². The van der Waals surface area contributed by atoms with E-state index in [-0.39, 0.29) is 11.4 Å². The zero-order valence-corrected chi connectivity index (χ0v) is 20.0. The molecule has 180 valence electrons. The van der Waals surface area contributed by atoms with Crippen molar-refractivity contribution in [2.24, 2.45) is 0 Å². The van der Waals surface area contributed by atoms with Gasteiger partial charge in [-0.2, -0.15) is 0 Å². The Balaban J connectivity index is 1.36. The lowest BCUT2D eigenvalue weighted by atomic mass is 9.90. The first-order chi connectivity index (χ1) is 16.0. The molecule has 0 amide bonds. The second-order valence-corrected chi connectivity index (χ2v) is 9.59. The minimum atomic E-state index is -0.312. The summed E-state index contributed by atoms with van der Waals surface area (Å²) in [7, 11) is 3.50. The largest absolute Gasteiger partial charge is 0.383 e. The van der Waals surface area contributed by atoms with Gasteiger partial charge in [0.05, 0.1) is 18.4 Å². The van der Waals surface area contributed by atoms with Crippen molar-refractivity contribution in [2.45, 2.75) is 69.2 Å². The Morgan fingerprint density at radius 3 is 2.58 bits per heavy atom. The Kier molecular flexibility index (Phi) is 7.83. The first-order valence-electron chi connectivity index (χ1n) is 12.1. The predicted octanol–water partition coefficient (Wildman–Crippen LogP) is 4.83. The molecule has 2 aliphatic rings. The van der Waals surface area contributed by atoms with Gasteiger partial charge in [-0.05, 0) is 69.2 Å². The summed E-state index contributed by atoms with van der Waals surface area (Å²) in [5.74, 6) is 0.415. The maximum atomic E-state index is 14.7. The van der Waals surface area contributed by atoms with Gasteiger partial charge in [0.1, 0.15) is 11.6 Å². The van der Waals surface area contributed by atoms with Gasteiger partial charge in [0, 0.05) is 50.1 Å². The van der Waals surface area contributed by atoms with E-state index in [1.54, 1.807) is 14.2 Å². The third-order valence-electron chi connectivity index (χ3n) is 6.90. The van der Waals surface area contributed by atoms with Gasteiger partial charge < -0.3 is 25.4 Å². The smallest absolute Gasteiger partial charge is 0.149 e. The highest BCUT2D eigenvalue weighted by molar-refractivity contribution is 5.70. The average molecular weight is 457 g/mol. The van der Waals surface area contributed by atoms with E-state index in [1.807, 2.05) is 30.3 Å². The van der Waals surface area contributed by atoms with Crippen molar-refractivity contribution in [3.63, 3.8) is 0 Å². The highest BCUT2D eigenvalue weighted by Gasteiger charge is 2.42. The van der Waals surface area contributed by atoms with E-state index >= 15 is 0 Å². The van der Waals surface area contributed by atoms with E-state index in [0.29, 0.717) is 23.7 Å². The molecule has 6 nitrogen and oxygen atoms in total. The summed E-state index contributed by atoms with van der Waals surface area (Å²) in [4.78, 5) is 4.31. The highest BCUT2D eigenvalue weighted by Crippen LogP contribution is 2.39. The third kappa shape index (κ3) is 6.43. The molecular weight excluding hydrogens is 419 g/mol. The molecular formula is C26H37FN4O2. The summed E-state index contributed by atoms with van der Waals surface area (Å²) in [6, 6.07) is 11.0. The number of nitrogens with zero attached hydrogens (tertiary/aromatic N) is 1. The van der Waals surface area contributed by atoms with Gasteiger partial charge in [-0.1, -0.05) is 12.1 Å². The first-order valence-corrected chi connectivity index (χ1v) is 12.1. The molecule has 0 saturated heterocycles. The van der Waals surface area contributed by atoms with Crippen molar-refractivity contribution in [3.05, 3.63) is 42.3 Å². The van der Waals surface area contributed by atoms with Crippen LogP contribution in [0.25, 0.3) is 11.1 Å². The third-order valence-corrected chi connectivity index (χ3v) is 6.90. The number of pyridine rings is 1. The summed E-state index contributed by atoms with van der Waals surface area (Å²) >= 11 is 0. The van der Waals surface area contributed by atoms with E-state index in [4.69, 9.17) is 9.47 Å². The van der Waals surface area contributed by atoms with E-state index in [9.17, 15) is 4.39 Å². The van der Waals surface area contributed by atoms with E-state index < -0.39 is 0 Å². The molecule has 33 heavy (non-hydrogen) atoms. The maximum Gasteiger partial charge on any atom is 0.149 e. The molecule has 2 aliphatic carbocycles. The minimum absolute atomic E-state index is 0.0364. The topological polar surface area (TPSA) is 67.4 Å². The summed E-state index contributed by atoms with van der Waals surface area (Å²) in [6.45, 7) is 3.65. The lowest BCUT2D eigenvalue weighted by Gasteiger charge is -2.31. The summed E-state index contributed by atoms with van der Waals surface area (Å²) < 4.78 is 25.5. The average Bonchev–Trinajstić information content (AvgIpc) is 3.61. The SMILES string of the molecule is COC[C@H](C)N[C@H]1CC[C@H](Nc2cc(-c3cccc(NCC4(OC)CC4)c3)c(F)cn2)CC1. The van der Waals surface area contributed by atoms with Crippen LogP contribution in [0.4, 0.5) is 15.9 Å². The van der Waals surface area contributed by atoms with Crippen molar-refractivity contribution >= 4 is 11.5 Å². The van der Waals surface area contributed by atoms with Gasteiger partial charge in [-0.3, -0.25) is 0 Å². The Morgan fingerprint density at radius 1 is 1.12 bits per heavy atom. The predicted molar refractivity (Wildman–Crippen MR) is 131 cm³/mol. The van der Waals surface area contributed by atoms with Crippen LogP contribution in [0.3, 0.4) is 0 Å². The fourth-order valence-corrected chi connectivity index (χ4v) is 4.71. The number of rotatable bonds is 11. The first kappa shape index (κ1) is 23.9. The van der Waals surface area contributed by atoms with Gasteiger partial charge in [-0.15, -0.1) is 0 Å². The van der Waals surface area contributed by atoms with Crippen molar-refractivity contribution in [1.29, 1.82) is 0 Å². The summed E-state index contributed by atoms with van der Waals surface area (Å²) in [5.41, 5.74) is 2.33. The lowest BCUT2D eigenvalue weighted by molar-refractivity contribution is 0.0914. The fourth-order valence-electron chi connectivity index (χ4n) is 4.71. The van der Waals surface area contributed by atoms with Crippen LogP contribution in [-0.4, -0.2) is 56.1 Å². The number of anilines is 2. The van der Waals surface area contributed by atoms with Gasteiger partial charge in [0.25, 0.3) is 0 Å². The number of benzene rings is 1. The highest BCUT2D eigenvalue weighted by atomic mass is 19.1. The van der Waals surface area contributed by atoms with E-state index in [1.165, 1.54) is 6.20 Å². The van der Waals surface area contributed by atoms with Crippen LogP contribution in [0.5, 0.6) is 0 Å². The Morgan fingerprint density at radius 2 is 1.88 bits per heavy atom. The summed E-state index contributed by atoms with van der Waals surface area (Å²) in [6.07, 6.45) is 7.82. The zero-order chi connectivity index (χ0) is 23.3. The Hall–Kier alpha value is -2.22. The van der Waals surface area contributed by atoms with E-state index in [2.05, 4.69) is 27.9 Å². The van der Waals surface area contributed by atoms with Crippen molar-refractivity contribution in [1.82, 2.24) is 10.3 Å². The molecule has 0 bridgehead atoms. The molecule has 2 aromatic rings. The molecule has 2 saturated carbocycles. The zero-order valence-electron chi connectivity index (χ0n) is 20.0. The molecule has 0 aliphatic heterocycles. The quantitative estimate of drug-likeness (QED) is 0.450. The van der Waals surface area contributed by atoms with Crippen molar-refractivity contribution < 1.29 is 13.9 Å². The maximum absolute atomic E-state index is 14.7. The van der Waals surface area contributed by atoms with Gasteiger partial charge in [0.2, 0.25) is 0 Å². The molecule has 0 unspecified atom stereocenters. The van der Waals surface area contributed by atoms with Crippen LogP contribution in [-0.2, 0) is 9.47 Å². The van der Waals surface area contributed by atoms with Crippen molar-refractivity contribution in [3.8, 4) is 11.1 Å². The standard InChI is InChI=1S/C26H37FN4O2/c1-18(16-32-2)30-20-7-9-21(10-8-20)31-25-14-23(24(27)15-28-25)19-5-4-6-22(13-19)29-17-26(33-3)11-12-26/h4-6,13-15,18,20-21,29-30H,7-12,16-17H2,1-3H3,(H,28,31)/t18-,20-,21-/m0/s1. The Labute approximate surface area is 196 Å². The van der Waals surface area contributed by atoms with Crippen LogP contribution in [0.15, 0.2) is 36.5 Å². The van der Waals surface area contributed by atoms with Crippen molar-refractivity contribution in [2.75, 3.05) is 38.0 Å². The molecule has 0 spiro atoms. The second kappa shape index (κ2) is 10.8. The van der Waals surface area contributed by atoms with E-state index in [0.717, 1.165) is 68.7 Å². The van der Waals surface area contributed by atoms with Gasteiger partial charge in [-0.25, -0.2) is 9.37 Å². The lowest BCUT2D eigenvalue weighted by Crippen LogP contribution is -2.42. The normalized spacial score (nSPS) is 22.5. The minimum Gasteiger partial charge on any atom is -0.383 e. The number of hydrogen-bond acceptors (Lipinski definition) is 6. The number of hydrogen-bond donors (Lipinski definition) is 3. The van der Waals surface area contributed by atoms with Gasteiger partial charge in [0.15, 0.2) is 0 Å². The molecule has 0 radical (unpaired) electrons. The molecule has 1 atom stereocenters. The van der Waals surface area contributed by atoms with Crippen LogP contribution in [0, 0.1) is 5.82 Å². The monoisotopic (exact) mass is 456 g/mol. The number of ether oxygens (including phenoxy) is 2. The number of nitrogens with one attached hydrogen (secondary N) is 3. The molecule has 2 fully saturated rings. The number of methoxy groups -OCH3 is 2. The molecule has 1 aromatic heterocycles. The van der Waals surface area contributed by atoms with Crippen LogP contribution >= 0.6 is 0 Å². The number of halogens is 1. The molecule has 7 heteroatoms. The van der Waals surface area contributed by atoms with Crippen LogP contribution in [0.1, 0.15) is 45.4 Å². The Bertz CT molecular complexity index is 913. The molecule has 1 aromatic carbocycles. The van der Waals surface area contributed by atoms with Gasteiger partial charge >= 0.3 is 0 Å². The fraction of sp³-hybridized carbons (Fsp3) is 0.577.